The molecule has 254 valence electrons. The van der Waals surface area contributed by atoms with E-state index >= 15 is 0 Å². The van der Waals surface area contributed by atoms with E-state index in [0.29, 0.717) is 19.8 Å². The molecule has 3 aromatic heterocycles. The quantitative estimate of drug-likeness (QED) is 0.132. The standard InChI is InChI=1S/C34H48N6O6Si/c1-24(2)20-25-15-16-35-29-21-26(40(31(25)29)23-46-18-19-47(6,7)8)22-39-17-11-13-28(33(39)43)36-32(42)27(37-34(44)45-5)12-9-10-14-30(41)38(3)4/h10-11,13-17,20-21,27H,9,12,18-19,22-23H2,1-8H3,(H,36,42)(H,37,44)/b14-10+/t27-/m0/s1. The Morgan fingerprint density at radius 3 is 2.55 bits per heavy atom. The molecule has 0 saturated heterocycles. The Bertz CT molecular complexity index is 1680. The number of methoxy groups -OCH3 is 1. The third-order valence-corrected chi connectivity index (χ3v) is 9.00. The average Bonchev–Trinajstić information content (AvgIpc) is 3.35. The van der Waals surface area contributed by atoms with Crippen LogP contribution in [0, 0.1) is 0 Å². The lowest BCUT2D eigenvalue weighted by molar-refractivity contribution is -0.123. The van der Waals surface area contributed by atoms with Crippen LogP contribution in [-0.4, -0.2) is 78.9 Å². The highest BCUT2D eigenvalue weighted by Gasteiger charge is 2.22. The molecule has 3 amide bonds. The van der Waals surface area contributed by atoms with Crippen molar-refractivity contribution in [2.45, 2.75) is 71.7 Å². The van der Waals surface area contributed by atoms with Gasteiger partial charge in [0.2, 0.25) is 11.8 Å². The second kappa shape index (κ2) is 16.9. The molecule has 1 atom stereocenters. The van der Waals surface area contributed by atoms with Crippen molar-refractivity contribution in [2.24, 2.45) is 0 Å². The monoisotopic (exact) mass is 664 g/mol. The van der Waals surface area contributed by atoms with Gasteiger partial charge in [0.1, 0.15) is 18.5 Å². The molecule has 0 unspecified atom stereocenters. The molecule has 0 spiro atoms. The van der Waals surface area contributed by atoms with Crippen LogP contribution in [-0.2, 0) is 32.3 Å². The van der Waals surface area contributed by atoms with Crippen LogP contribution in [0.3, 0.4) is 0 Å². The minimum atomic E-state index is -1.29. The van der Waals surface area contributed by atoms with E-state index < -0.39 is 31.7 Å². The van der Waals surface area contributed by atoms with Crippen LogP contribution in [0.25, 0.3) is 17.1 Å². The highest BCUT2D eigenvalue weighted by atomic mass is 28.3. The van der Waals surface area contributed by atoms with Crippen molar-refractivity contribution >= 4 is 48.8 Å². The number of carbonyl (C=O) groups excluding carboxylic acids is 3. The molecule has 0 aliphatic rings. The molecule has 0 aliphatic carbocycles. The van der Waals surface area contributed by atoms with Gasteiger partial charge in [-0.15, -0.1) is 0 Å². The molecule has 0 radical (unpaired) electrons. The fraction of sp³-hybridized carbons (Fsp3) is 0.441. The van der Waals surface area contributed by atoms with Crippen molar-refractivity contribution in [3.05, 3.63) is 76.0 Å². The van der Waals surface area contributed by atoms with Crippen LogP contribution in [0.15, 0.2) is 59.2 Å². The van der Waals surface area contributed by atoms with Gasteiger partial charge in [0.15, 0.2) is 0 Å². The maximum Gasteiger partial charge on any atom is 0.407 e. The number of ether oxygens (including phenoxy) is 2. The first-order valence-corrected chi connectivity index (χ1v) is 19.3. The average molecular weight is 665 g/mol. The van der Waals surface area contributed by atoms with E-state index in [9.17, 15) is 19.2 Å². The van der Waals surface area contributed by atoms with E-state index in [1.54, 1.807) is 38.6 Å². The summed E-state index contributed by atoms with van der Waals surface area (Å²) in [7, 11) is 3.18. The van der Waals surface area contributed by atoms with Gasteiger partial charge >= 0.3 is 6.09 Å². The Morgan fingerprint density at radius 1 is 1.15 bits per heavy atom. The van der Waals surface area contributed by atoms with Crippen LogP contribution in [0.4, 0.5) is 10.5 Å². The first-order chi connectivity index (χ1) is 22.2. The first-order valence-electron chi connectivity index (χ1n) is 15.6. The zero-order chi connectivity index (χ0) is 34.7. The molecule has 0 aromatic carbocycles. The molecular formula is C34H48N6O6Si. The second-order valence-corrected chi connectivity index (χ2v) is 18.6. The van der Waals surface area contributed by atoms with E-state index in [1.807, 2.05) is 26.0 Å². The van der Waals surface area contributed by atoms with Gasteiger partial charge in [-0.1, -0.05) is 37.4 Å². The predicted octanol–water partition coefficient (Wildman–Crippen LogP) is 5.07. The molecule has 3 heterocycles. The van der Waals surface area contributed by atoms with Gasteiger partial charge in [-0.3, -0.25) is 19.4 Å². The summed E-state index contributed by atoms with van der Waals surface area (Å²) in [5.74, 6) is -0.782. The molecule has 3 rings (SSSR count). The Labute approximate surface area is 277 Å². The van der Waals surface area contributed by atoms with E-state index in [-0.39, 0.29) is 24.6 Å². The number of nitrogens with one attached hydrogen (secondary N) is 2. The van der Waals surface area contributed by atoms with Gasteiger partial charge in [-0.05, 0) is 63.1 Å². The summed E-state index contributed by atoms with van der Waals surface area (Å²) in [5.41, 5.74) is 4.34. The topological polar surface area (TPSA) is 137 Å². The van der Waals surface area contributed by atoms with Crippen molar-refractivity contribution < 1.29 is 23.9 Å². The molecule has 0 saturated carbocycles. The number of hydrogen-bond donors (Lipinski definition) is 2. The molecule has 13 heteroatoms. The first kappa shape index (κ1) is 37.0. The number of aromatic nitrogens is 3. The molecule has 0 fully saturated rings. The normalized spacial score (nSPS) is 12.2. The summed E-state index contributed by atoms with van der Waals surface area (Å²) < 4.78 is 14.4. The third-order valence-electron chi connectivity index (χ3n) is 7.29. The third kappa shape index (κ3) is 11.1. The maximum absolute atomic E-state index is 13.6. The number of nitrogens with zero attached hydrogens (tertiary/aromatic N) is 4. The summed E-state index contributed by atoms with van der Waals surface area (Å²) in [5, 5.41) is 5.18. The molecule has 2 N–H and O–H groups in total. The number of carbonyl (C=O) groups is 3. The van der Waals surface area contributed by atoms with Crippen LogP contribution in [0.1, 0.15) is 37.9 Å². The van der Waals surface area contributed by atoms with Gasteiger partial charge in [0.05, 0.1) is 24.7 Å². The van der Waals surface area contributed by atoms with Gasteiger partial charge in [0, 0.05) is 52.4 Å². The summed E-state index contributed by atoms with van der Waals surface area (Å²) in [6.45, 7) is 12.1. The van der Waals surface area contributed by atoms with E-state index in [1.165, 1.54) is 28.7 Å². The second-order valence-electron chi connectivity index (χ2n) is 13.0. The van der Waals surface area contributed by atoms with Crippen LogP contribution in [0.5, 0.6) is 0 Å². The number of anilines is 1. The zero-order valence-electron chi connectivity index (χ0n) is 28.8. The molecule has 0 bridgehead atoms. The summed E-state index contributed by atoms with van der Waals surface area (Å²) in [4.78, 5) is 56.8. The summed E-state index contributed by atoms with van der Waals surface area (Å²) >= 11 is 0. The van der Waals surface area contributed by atoms with Gasteiger partial charge < -0.3 is 34.1 Å². The van der Waals surface area contributed by atoms with Crippen molar-refractivity contribution in [1.82, 2.24) is 24.3 Å². The zero-order valence-corrected chi connectivity index (χ0v) is 29.8. The largest absolute Gasteiger partial charge is 0.453 e. The molecule has 12 nitrogen and oxygen atoms in total. The van der Waals surface area contributed by atoms with Gasteiger partial charge in [-0.25, -0.2) is 4.79 Å². The summed E-state index contributed by atoms with van der Waals surface area (Å²) in [6, 6.07) is 7.14. The number of hydrogen-bond acceptors (Lipinski definition) is 7. The number of likely N-dealkylation sites (N-methyl/N-ethyl adjacent to an activating group) is 1. The molecular weight excluding hydrogens is 616 g/mol. The van der Waals surface area contributed by atoms with Gasteiger partial charge in [-0.2, -0.15) is 0 Å². The van der Waals surface area contributed by atoms with E-state index in [2.05, 4.69) is 50.6 Å². The molecule has 0 aliphatic heterocycles. The van der Waals surface area contributed by atoms with Crippen LogP contribution >= 0.6 is 0 Å². The highest BCUT2D eigenvalue weighted by Crippen LogP contribution is 2.25. The number of allylic oxidation sites excluding steroid dienone is 2. The number of rotatable bonds is 15. The number of pyridine rings is 2. The van der Waals surface area contributed by atoms with Crippen molar-refractivity contribution in [2.75, 3.05) is 33.1 Å². The Hall–Kier alpha value is -4.49. The molecule has 3 aromatic rings. The lowest BCUT2D eigenvalue weighted by Crippen LogP contribution is -2.44. The fourth-order valence-electron chi connectivity index (χ4n) is 4.72. The summed E-state index contributed by atoms with van der Waals surface area (Å²) in [6.07, 6.45) is 8.28. The van der Waals surface area contributed by atoms with Gasteiger partial charge in [0.25, 0.3) is 5.56 Å². The molecule has 47 heavy (non-hydrogen) atoms. The minimum Gasteiger partial charge on any atom is -0.453 e. The minimum absolute atomic E-state index is 0.0601. The Morgan fingerprint density at radius 2 is 1.89 bits per heavy atom. The fourth-order valence-corrected chi connectivity index (χ4v) is 5.48. The van der Waals surface area contributed by atoms with Crippen molar-refractivity contribution in [1.29, 1.82) is 0 Å². The van der Waals surface area contributed by atoms with Crippen molar-refractivity contribution in [3.63, 3.8) is 0 Å². The number of amides is 3. The van der Waals surface area contributed by atoms with E-state index in [4.69, 9.17) is 4.74 Å². The van der Waals surface area contributed by atoms with Crippen molar-refractivity contribution in [3.8, 4) is 0 Å². The Balaban J connectivity index is 1.89. The lowest BCUT2D eigenvalue weighted by Gasteiger charge is -2.18. The Kier molecular flexibility index (Phi) is 13.3. The smallest absolute Gasteiger partial charge is 0.407 e. The maximum atomic E-state index is 13.6. The van der Waals surface area contributed by atoms with Crippen LogP contribution in [0.2, 0.25) is 25.7 Å². The van der Waals surface area contributed by atoms with Crippen LogP contribution < -0.4 is 16.2 Å². The number of fused-ring (bicyclic) bond motifs is 1. The highest BCUT2D eigenvalue weighted by molar-refractivity contribution is 6.76. The number of alkyl carbamates (subject to hydrolysis) is 1. The lowest BCUT2D eigenvalue weighted by atomic mass is 10.1. The SMILES string of the molecule is COC(=O)N[C@@H](CC/C=C/C(=O)N(C)C)C(=O)Nc1cccn(Cc2cc3nccc(C=C(C)C)c3n2COCC[Si](C)(C)C)c1=O. The van der Waals surface area contributed by atoms with E-state index in [0.717, 1.165) is 33.9 Å². The predicted molar refractivity (Wildman–Crippen MR) is 188 cm³/mol.